The number of piperidine rings is 1. The molecular formula is C17H19N3O3. The van der Waals surface area contributed by atoms with E-state index >= 15 is 0 Å². The van der Waals surface area contributed by atoms with Crippen molar-refractivity contribution in [3.05, 3.63) is 47.9 Å². The number of ether oxygens (including phenoxy) is 1. The maximum atomic E-state index is 12.5. The van der Waals surface area contributed by atoms with Gasteiger partial charge in [-0.1, -0.05) is 0 Å². The van der Waals surface area contributed by atoms with E-state index in [1.54, 1.807) is 37.4 Å². The summed E-state index contributed by atoms with van der Waals surface area (Å²) in [5.41, 5.74) is 0.927. The van der Waals surface area contributed by atoms with Gasteiger partial charge in [-0.05, 0) is 37.1 Å². The normalized spacial score (nSPS) is 15.5. The fraction of sp³-hybridized carbons (Fsp3) is 0.353. The molecule has 0 bridgehead atoms. The summed E-state index contributed by atoms with van der Waals surface area (Å²) in [5, 5.41) is 9.58. The number of hydrogen-bond donors (Lipinski definition) is 1. The van der Waals surface area contributed by atoms with E-state index in [1.807, 2.05) is 0 Å². The second-order valence-corrected chi connectivity index (χ2v) is 5.54. The third-order valence-electron chi connectivity index (χ3n) is 4.03. The Labute approximate surface area is 134 Å². The zero-order valence-electron chi connectivity index (χ0n) is 13.0. The Balaban J connectivity index is 1.79. The van der Waals surface area contributed by atoms with Crippen LogP contribution < -0.4 is 9.64 Å². The van der Waals surface area contributed by atoms with E-state index in [-0.39, 0.29) is 11.9 Å². The number of hydrogen-bond acceptors (Lipinski definition) is 6. The van der Waals surface area contributed by atoms with Gasteiger partial charge in [-0.3, -0.25) is 4.79 Å². The Morgan fingerprint density at radius 1 is 1.22 bits per heavy atom. The molecule has 23 heavy (non-hydrogen) atoms. The number of rotatable bonds is 4. The molecule has 1 aromatic carbocycles. The van der Waals surface area contributed by atoms with Crippen molar-refractivity contribution in [3.8, 4) is 5.75 Å². The highest BCUT2D eigenvalue weighted by atomic mass is 16.5. The summed E-state index contributed by atoms with van der Waals surface area (Å²) in [6.45, 7) is 1.46. The monoisotopic (exact) mass is 313 g/mol. The molecule has 0 aliphatic carbocycles. The average Bonchev–Trinajstić information content (AvgIpc) is 2.62. The van der Waals surface area contributed by atoms with E-state index in [4.69, 9.17) is 4.74 Å². The van der Waals surface area contributed by atoms with Crippen molar-refractivity contribution < 1.29 is 14.6 Å². The zero-order valence-corrected chi connectivity index (χ0v) is 13.0. The second-order valence-electron chi connectivity index (χ2n) is 5.54. The molecule has 6 nitrogen and oxygen atoms in total. The maximum absolute atomic E-state index is 12.5. The first kappa shape index (κ1) is 15.4. The van der Waals surface area contributed by atoms with E-state index in [2.05, 4.69) is 14.9 Å². The summed E-state index contributed by atoms with van der Waals surface area (Å²) < 4.78 is 5.10. The predicted molar refractivity (Wildman–Crippen MR) is 85.9 cm³/mol. The molecule has 1 aromatic heterocycles. The van der Waals surface area contributed by atoms with Gasteiger partial charge in [0.15, 0.2) is 0 Å². The summed E-state index contributed by atoms with van der Waals surface area (Å²) >= 11 is 0. The van der Waals surface area contributed by atoms with Crippen molar-refractivity contribution in [2.24, 2.45) is 0 Å². The summed E-state index contributed by atoms with van der Waals surface area (Å²) in [7, 11) is 1.59. The quantitative estimate of drug-likeness (QED) is 0.866. The minimum Gasteiger partial charge on any atom is -0.497 e. The van der Waals surface area contributed by atoms with E-state index in [0.717, 1.165) is 18.9 Å². The first-order chi connectivity index (χ1) is 11.2. The van der Waals surface area contributed by atoms with Crippen LogP contribution in [0.2, 0.25) is 0 Å². The Morgan fingerprint density at radius 2 is 1.91 bits per heavy atom. The van der Waals surface area contributed by atoms with Crippen molar-refractivity contribution in [2.75, 3.05) is 25.1 Å². The van der Waals surface area contributed by atoms with Crippen molar-refractivity contribution >= 4 is 11.6 Å². The highest BCUT2D eigenvalue weighted by molar-refractivity contribution is 6.08. The number of aliphatic hydroxyl groups is 1. The summed E-state index contributed by atoms with van der Waals surface area (Å²) in [6, 6.07) is 8.66. The number of methoxy groups -OCH3 is 1. The Hall–Kier alpha value is -2.47. The van der Waals surface area contributed by atoms with E-state index in [0.29, 0.717) is 29.8 Å². The van der Waals surface area contributed by atoms with Gasteiger partial charge in [0.1, 0.15) is 23.6 Å². The molecule has 1 aliphatic rings. The molecule has 2 heterocycles. The summed E-state index contributed by atoms with van der Waals surface area (Å²) in [4.78, 5) is 23.0. The SMILES string of the molecule is COc1ccc(C(=O)c2cc(N3CCC(O)CC3)ncn2)cc1. The second kappa shape index (κ2) is 6.75. The topological polar surface area (TPSA) is 75.5 Å². The average molecular weight is 313 g/mol. The van der Waals surface area contributed by atoms with Gasteiger partial charge in [-0.2, -0.15) is 0 Å². The first-order valence-electron chi connectivity index (χ1n) is 7.61. The summed E-state index contributed by atoms with van der Waals surface area (Å²) in [5.74, 6) is 1.29. The highest BCUT2D eigenvalue weighted by Crippen LogP contribution is 2.20. The fourth-order valence-electron chi connectivity index (χ4n) is 2.63. The lowest BCUT2D eigenvalue weighted by Gasteiger charge is -2.30. The number of carbonyl (C=O) groups excluding carboxylic acids is 1. The number of anilines is 1. The van der Waals surface area contributed by atoms with Gasteiger partial charge in [0.2, 0.25) is 5.78 Å². The van der Waals surface area contributed by atoms with Gasteiger partial charge >= 0.3 is 0 Å². The van der Waals surface area contributed by atoms with Gasteiger partial charge in [0.05, 0.1) is 13.2 Å². The molecule has 0 radical (unpaired) electrons. The molecule has 0 saturated carbocycles. The van der Waals surface area contributed by atoms with E-state index in [9.17, 15) is 9.90 Å². The highest BCUT2D eigenvalue weighted by Gasteiger charge is 2.20. The first-order valence-corrected chi connectivity index (χ1v) is 7.61. The van der Waals surface area contributed by atoms with Crippen LogP contribution in [0.3, 0.4) is 0 Å². The third-order valence-corrected chi connectivity index (χ3v) is 4.03. The van der Waals surface area contributed by atoms with Crippen molar-refractivity contribution in [1.29, 1.82) is 0 Å². The smallest absolute Gasteiger partial charge is 0.211 e. The van der Waals surface area contributed by atoms with E-state index in [1.165, 1.54) is 6.33 Å². The maximum Gasteiger partial charge on any atom is 0.211 e. The van der Waals surface area contributed by atoms with Crippen LogP contribution in [0.15, 0.2) is 36.7 Å². The van der Waals surface area contributed by atoms with Crippen LogP contribution in [0.1, 0.15) is 28.9 Å². The molecule has 0 amide bonds. The number of nitrogens with zero attached hydrogens (tertiary/aromatic N) is 3. The number of carbonyl (C=O) groups is 1. The number of ketones is 1. The third kappa shape index (κ3) is 3.48. The van der Waals surface area contributed by atoms with Crippen LogP contribution in [0.4, 0.5) is 5.82 Å². The molecule has 1 fully saturated rings. The molecule has 0 atom stereocenters. The van der Waals surface area contributed by atoms with Crippen LogP contribution in [0.25, 0.3) is 0 Å². The molecule has 6 heteroatoms. The van der Waals surface area contributed by atoms with Crippen LogP contribution in [0.5, 0.6) is 5.75 Å². The van der Waals surface area contributed by atoms with Crippen LogP contribution in [-0.2, 0) is 0 Å². The van der Waals surface area contributed by atoms with Crippen molar-refractivity contribution in [1.82, 2.24) is 9.97 Å². The Morgan fingerprint density at radius 3 is 2.57 bits per heavy atom. The number of aromatic nitrogens is 2. The molecule has 0 spiro atoms. The minimum atomic E-state index is -0.242. The minimum absolute atomic E-state index is 0.145. The molecule has 2 aromatic rings. The molecule has 0 unspecified atom stereocenters. The molecule has 1 aliphatic heterocycles. The van der Waals surface area contributed by atoms with Crippen LogP contribution >= 0.6 is 0 Å². The lowest BCUT2D eigenvalue weighted by Crippen LogP contribution is -2.36. The Kier molecular flexibility index (Phi) is 4.52. The standard InChI is InChI=1S/C17H19N3O3/c1-23-14-4-2-12(3-5-14)17(22)15-10-16(19-11-18-15)20-8-6-13(21)7-9-20/h2-5,10-11,13,21H,6-9H2,1H3. The lowest BCUT2D eigenvalue weighted by molar-refractivity contribution is 0.103. The summed E-state index contributed by atoms with van der Waals surface area (Å²) in [6.07, 6.45) is 2.60. The van der Waals surface area contributed by atoms with Gasteiger partial charge in [-0.25, -0.2) is 9.97 Å². The van der Waals surface area contributed by atoms with Gasteiger partial charge in [-0.15, -0.1) is 0 Å². The fourth-order valence-corrected chi connectivity index (χ4v) is 2.63. The van der Waals surface area contributed by atoms with E-state index < -0.39 is 0 Å². The Bertz CT molecular complexity index is 680. The predicted octanol–water partition coefficient (Wildman–Crippen LogP) is 1.68. The molecule has 1 saturated heterocycles. The lowest BCUT2D eigenvalue weighted by atomic mass is 10.1. The largest absolute Gasteiger partial charge is 0.497 e. The van der Waals surface area contributed by atoms with Gasteiger partial charge < -0.3 is 14.7 Å². The zero-order chi connectivity index (χ0) is 16.2. The molecule has 3 rings (SSSR count). The van der Waals surface area contributed by atoms with Crippen LogP contribution in [-0.4, -0.2) is 47.2 Å². The van der Waals surface area contributed by atoms with Crippen LogP contribution in [0, 0.1) is 0 Å². The number of aliphatic hydroxyl groups excluding tert-OH is 1. The molecule has 120 valence electrons. The van der Waals surface area contributed by atoms with Crippen molar-refractivity contribution in [3.63, 3.8) is 0 Å². The van der Waals surface area contributed by atoms with Gasteiger partial charge in [0.25, 0.3) is 0 Å². The molecule has 1 N–H and O–H groups in total. The van der Waals surface area contributed by atoms with Crippen molar-refractivity contribution in [2.45, 2.75) is 18.9 Å². The van der Waals surface area contributed by atoms with Gasteiger partial charge in [0, 0.05) is 24.7 Å². The number of benzene rings is 1. The molecular weight excluding hydrogens is 294 g/mol.